The van der Waals surface area contributed by atoms with Crippen LogP contribution in [0.3, 0.4) is 0 Å². The summed E-state index contributed by atoms with van der Waals surface area (Å²) in [6.07, 6.45) is 0. The Labute approximate surface area is 129 Å². The van der Waals surface area contributed by atoms with Gasteiger partial charge in [-0.2, -0.15) is 0 Å². The predicted molar refractivity (Wildman–Crippen MR) is 81.6 cm³/mol. The Kier molecular flexibility index (Phi) is 3.45. The number of nitrogens with zero attached hydrogens (tertiary/aromatic N) is 3. The number of hydrogen-bond acceptors (Lipinski definition) is 4. The molecule has 0 aliphatic rings. The number of fused-ring (bicyclic) bond motifs is 1. The molecule has 3 aromatic rings. The molecule has 0 atom stereocenters. The van der Waals surface area contributed by atoms with E-state index in [2.05, 4.69) is 9.97 Å². The highest BCUT2D eigenvalue weighted by Gasteiger charge is 2.18. The van der Waals surface area contributed by atoms with Crippen LogP contribution in [0.4, 0.5) is 5.69 Å². The first kappa shape index (κ1) is 13.7. The van der Waals surface area contributed by atoms with Crippen molar-refractivity contribution in [2.45, 2.75) is 0 Å². The Morgan fingerprint density at radius 2 is 1.76 bits per heavy atom. The normalized spacial score (nSPS) is 10.8. The lowest BCUT2D eigenvalue weighted by atomic mass is 10.1. The fraction of sp³-hybridized carbons (Fsp3) is 0. The fourth-order valence-electron chi connectivity index (χ4n) is 2.04. The van der Waals surface area contributed by atoms with Crippen LogP contribution >= 0.6 is 23.2 Å². The van der Waals surface area contributed by atoms with Crippen LogP contribution in [0.2, 0.25) is 10.2 Å². The molecular weight excluding hydrogens is 313 g/mol. The Hall–Kier alpha value is -2.24. The molecule has 0 spiro atoms. The topological polar surface area (TPSA) is 68.9 Å². The summed E-state index contributed by atoms with van der Waals surface area (Å²) in [7, 11) is 0. The molecule has 0 aliphatic carbocycles. The predicted octanol–water partition coefficient (Wildman–Crippen LogP) is 4.51. The molecule has 21 heavy (non-hydrogen) atoms. The van der Waals surface area contributed by atoms with Crippen molar-refractivity contribution in [3.63, 3.8) is 0 Å². The molecule has 0 saturated carbocycles. The van der Waals surface area contributed by atoms with Crippen LogP contribution in [0, 0.1) is 10.1 Å². The van der Waals surface area contributed by atoms with Crippen molar-refractivity contribution >= 4 is 39.8 Å². The van der Waals surface area contributed by atoms with Gasteiger partial charge in [-0.25, -0.2) is 9.97 Å². The highest BCUT2D eigenvalue weighted by atomic mass is 35.5. The Bertz CT molecular complexity index is 868. The zero-order chi connectivity index (χ0) is 15.0. The Balaban J connectivity index is 2.31. The van der Waals surface area contributed by atoms with Gasteiger partial charge in [0, 0.05) is 11.6 Å². The second-order valence-electron chi connectivity index (χ2n) is 4.25. The van der Waals surface area contributed by atoms with Gasteiger partial charge >= 0.3 is 0 Å². The minimum Gasteiger partial charge on any atom is -0.258 e. The summed E-state index contributed by atoms with van der Waals surface area (Å²) in [5.74, 6) is 0.332. The zero-order valence-electron chi connectivity index (χ0n) is 10.5. The average Bonchev–Trinajstić information content (AvgIpc) is 2.46. The van der Waals surface area contributed by atoms with Crippen molar-refractivity contribution in [2.24, 2.45) is 0 Å². The fourth-order valence-corrected chi connectivity index (χ4v) is 2.53. The summed E-state index contributed by atoms with van der Waals surface area (Å²) in [5, 5.41) is 11.8. The van der Waals surface area contributed by atoms with Gasteiger partial charge in [-0.3, -0.25) is 10.1 Å². The van der Waals surface area contributed by atoms with E-state index in [1.807, 2.05) is 0 Å². The number of hydrogen-bond donors (Lipinski definition) is 0. The largest absolute Gasteiger partial charge is 0.281 e. The second kappa shape index (κ2) is 5.27. The zero-order valence-corrected chi connectivity index (χ0v) is 12.0. The number of nitro benzene ring substituents is 1. The maximum absolute atomic E-state index is 11.0. The molecule has 3 rings (SSSR count). The first-order valence-electron chi connectivity index (χ1n) is 5.93. The van der Waals surface area contributed by atoms with Crippen molar-refractivity contribution in [3.8, 4) is 11.4 Å². The molecule has 0 bridgehead atoms. The monoisotopic (exact) mass is 319 g/mol. The molecule has 104 valence electrons. The van der Waals surface area contributed by atoms with E-state index in [9.17, 15) is 10.1 Å². The first-order valence-corrected chi connectivity index (χ1v) is 6.69. The lowest BCUT2D eigenvalue weighted by Crippen LogP contribution is -1.96. The second-order valence-corrected chi connectivity index (χ2v) is 5.01. The third-order valence-electron chi connectivity index (χ3n) is 2.97. The van der Waals surface area contributed by atoms with Crippen LogP contribution in [-0.4, -0.2) is 14.9 Å². The molecule has 0 aliphatic heterocycles. The van der Waals surface area contributed by atoms with Crippen molar-refractivity contribution in [3.05, 3.63) is 62.8 Å². The van der Waals surface area contributed by atoms with E-state index in [0.717, 1.165) is 0 Å². The van der Waals surface area contributed by atoms with Crippen LogP contribution < -0.4 is 0 Å². The maximum atomic E-state index is 11.0. The Morgan fingerprint density at radius 1 is 1.00 bits per heavy atom. The van der Waals surface area contributed by atoms with E-state index < -0.39 is 4.92 Å². The van der Waals surface area contributed by atoms with Gasteiger partial charge in [0.25, 0.3) is 5.69 Å². The lowest BCUT2D eigenvalue weighted by molar-refractivity contribution is -0.383. The van der Waals surface area contributed by atoms with Gasteiger partial charge in [-0.1, -0.05) is 41.4 Å². The number of non-ortho nitro benzene ring substituents is 1. The SMILES string of the molecule is O=[N+]([O-])c1cccc2nc(-c3ccccc3Cl)nc(Cl)c12. The summed E-state index contributed by atoms with van der Waals surface area (Å²) in [6.45, 7) is 0. The highest BCUT2D eigenvalue weighted by Crippen LogP contribution is 2.33. The molecule has 5 nitrogen and oxygen atoms in total. The smallest absolute Gasteiger partial charge is 0.258 e. The molecule has 2 aromatic carbocycles. The van der Waals surface area contributed by atoms with Gasteiger partial charge < -0.3 is 0 Å². The van der Waals surface area contributed by atoms with E-state index >= 15 is 0 Å². The minimum absolute atomic E-state index is 0.0298. The van der Waals surface area contributed by atoms with Crippen molar-refractivity contribution in [1.29, 1.82) is 0 Å². The van der Waals surface area contributed by atoms with Crippen molar-refractivity contribution in [2.75, 3.05) is 0 Å². The van der Waals surface area contributed by atoms with Gasteiger partial charge in [0.1, 0.15) is 10.5 Å². The van der Waals surface area contributed by atoms with Gasteiger partial charge in [0.2, 0.25) is 0 Å². The summed E-state index contributed by atoms with van der Waals surface area (Å²) in [4.78, 5) is 19.0. The van der Waals surface area contributed by atoms with Crippen molar-refractivity contribution < 1.29 is 4.92 Å². The van der Waals surface area contributed by atoms with Crippen LogP contribution in [0.5, 0.6) is 0 Å². The summed E-state index contributed by atoms with van der Waals surface area (Å²) >= 11 is 12.2. The van der Waals surface area contributed by atoms with Crippen LogP contribution in [0.25, 0.3) is 22.3 Å². The molecular formula is C14H7Cl2N3O2. The Morgan fingerprint density at radius 3 is 2.48 bits per heavy atom. The summed E-state index contributed by atoms with van der Waals surface area (Å²) < 4.78 is 0. The van der Waals surface area contributed by atoms with E-state index in [0.29, 0.717) is 21.9 Å². The number of benzene rings is 2. The van der Waals surface area contributed by atoms with Crippen LogP contribution in [-0.2, 0) is 0 Å². The molecule has 1 aromatic heterocycles. The number of aromatic nitrogens is 2. The molecule has 0 unspecified atom stereocenters. The van der Waals surface area contributed by atoms with Gasteiger partial charge in [-0.15, -0.1) is 0 Å². The highest BCUT2D eigenvalue weighted by molar-refractivity contribution is 6.35. The van der Waals surface area contributed by atoms with Gasteiger partial charge in [0.05, 0.1) is 15.5 Å². The van der Waals surface area contributed by atoms with Crippen LogP contribution in [0.15, 0.2) is 42.5 Å². The van der Waals surface area contributed by atoms with Gasteiger partial charge in [-0.05, 0) is 18.2 Å². The van der Waals surface area contributed by atoms with Gasteiger partial charge in [0.15, 0.2) is 5.82 Å². The molecule has 0 fully saturated rings. The average molecular weight is 320 g/mol. The molecule has 0 amide bonds. The molecule has 0 saturated heterocycles. The summed E-state index contributed by atoms with van der Waals surface area (Å²) in [5.41, 5.74) is 0.900. The lowest BCUT2D eigenvalue weighted by Gasteiger charge is -2.06. The minimum atomic E-state index is -0.507. The summed E-state index contributed by atoms with van der Waals surface area (Å²) in [6, 6.07) is 11.6. The van der Waals surface area contributed by atoms with E-state index in [1.54, 1.807) is 36.4 Å². The third-order valence-corrected chi connectivity index (χ3v) is 3.57. The number of nitro groups is 1. The van der Waals surface area contributed by atoms with E-state index in [-0.39, 0.29) is 16.2 Å². The molecule has 1 heterocycles. The van der Waals surface area contributed by atoms with Crippen molar-refractivity contribution in [1.82, 2.24) is 9.97 Å². The molecule has 0 radical (unpaired) electrons. The molecule has 7 heteroatoms. The van der Waals surface area contributed by atoms with E-state index in [1.165, 1.54) is 6.07 Å². The third kappa shape index (κ3) is 2.41. The first-order chi connectivity index (χ1) is 10.1. The number of halogens is 2. The van der Waals surface area contributed by atoms with E-state index in [4.69, 9.17) is 23.2 Å². The quantitative estimate of drug-likeness (QED) is 0.396. The van der Waals surface area contributed by atoms with Crippen LogP contribution in [0.1, 0.15) is 0 Å². The maximum Gasteiger partial charge on any atom is 0.281 e. The standard InChI is InChI=1S/C14H7Cl2N3O2/c15-9-5-2-1-4-8(9)14-17-10-6-3-7-11(19(20)21)12(10)13(16)18-14/h1-7H. The molecule has 0 N–H and O–H groups in total. The number of rotatable bonds is 2.